The Balaban J connectivity index is 1.71. The first kappa shape index (κ1) is 15.9. The van der Waals surface area contributed by atoms with Crippen LogP contribution in [0, 0.1) is 5.82 Å². The predicted molar refractivity (Wildman–Crippen MR) is 79.6 cm³/mol. The summed E-state index contributed by atoms with van der Waals surface area (Å²) in [5, 5.41) is 6.12. The molecule has 2 rings (SSSR count). The molecule has 116 valence electrons. The smallest absolute Gasteiger partial charge is 0.236 e. The highest BCUT2D eigenvalue weighted by Crippen LogP contribution is 2.37. The second-order valence-electron chi connectivity index (χ2n) is 5.59. The Morgan fingerprint density at radius 3 is 2.90 bits per heavy atom. The number of rotatable bonds is 7. The van der Waals surface area contributed by atoms with Crippen LogP contribution in [-0.2, 0) is 9.53 Å². The molecule has 0 aliphatic heterocycles. The molecule has 0 spiro atoms. The zero-order chi connectivity index (χ0) is 15.2. The van der Waals surface area contributed by atoms with E-state index in [2.05, 4.69) is 10.6 Å². The number of carbonyl (C=O) groups excluding carboxylic acids is 1. The summed E-state index contributed by atoms with van der Waals surface area (Å²) in [5.74, 6) is 0.193. The van der Waals surface area contributed by atoms with Crippen molar-refractivity contribution in [2.75, 3.05) is 20.3 Å². The highest BCUT2D eigenvalue weighted by atomic mass is 19.1. The standard InChI is InChI=1S/C16H23FN2O2/c1-11(16(20)18-6-7-21-2)19-15-9-13(10-15)12-4-3-5-14(17)8-12/h3-5,8,11,13,15,19H,6-7,9-10H2,1-2H3,(H,18,20). The van der Waals surface area contributed by atoms with Crippen molar-refractivity contribution in [3.8, 4) is 0 Å². The highest BCUT2D eigenvalue weighted by molar-refractivity contribution is 5.81. The van der Waals surface area contributed by atoms with Crippen LogP contribution >= 0.6 is 0 Å². The molecule has 21 heavy (non-hydrogen) atoms. The molecule has 1 atom stereocenters. The normalized spacial score (nSPS) is 22.4. The number of carbonyl (C=O) groups is 1. The Labute approximate surface area is 125 Å². The minimum absolute atomic E-state index is 0.0127. The maximum absolute atomic E-state index is 13.2. The van der Waals surface area contributed by atoms with Crippen molar-refractivity contribution < 1.29 is 13.9 Å². The van der Waals surface area contributed by atoms with E-state index in [1.807, 2.05) is 13.0 Å². The number of benzene rings is 1. The maximum Gasteiger partial charge on any atom is 0.236 e. The van der Waals surface area contributed by atoms with E-state index in [0.717, 1.165) is 18.4 Å². The van der Waals surface area contributed by atoms with E-state index in [1.54, 1.807) is 19.2 Å². The summed E-state index contributed by atoms with van der Waals surface area (Å²) in [4.78, 5) is 11.8. The monoisotopic (exact) mass is 294 g/mol. The topological polar surface area (TPSA) is 50.4 Å². The van der Waals surface area contributed by atoms with Crippen LogP contribution in [0.2, 0.25) is 0 Å². The number of amides is 1. The van der Waals surface area contributed by atoms with Crippen molar-refractivity contribution in [3.05, 3.63) is 35.6 Å². The summed E-state index contributed by atoms with van der Waals surface area (Å²) in [6.45, 7) is 2.90. The summed E-state index contributed by atoms with van der Waals surface area (Å²) >= 11 is 0. The second-order valence-corrected chi connectivity index (χ2v) is 5.59. The van der Waals surface area contributed by atoms with E-state index >= 15 is 0 Å². The first-order valence-corrected chi connectivity index (χ1v) is 7.38. The van der Waals surface area contributed by atoms with Gasteiger partial charge in [0.2, 0.25) is 5.91 Å². The van der Waals surface area contributed by atoms with Crippen molar-refractivity contribution in [2.24, 2.45) is 0 Å². The van der Waals surface area contributed by atoms with Crippen molar-refractivity contribution >= 4 is 5.91 Å². The molecule has 4 nitrogen and oxygen atoms in total. The fourth-order valence-electron chi connectivity index (χ4n) is 2.65. The fraction of sp³-hybridized carbons (Fsp3) is 0.562. The van der Waals surface area contributed by atoms with Crippen LogP contribution in [0.4, 0.5) is 4.39 Å². The van der Waals surface area contributed by atoms with Gasteiger partial charge in [0, 0.05) is 19.7 Å². The molecule has 0 aromatic heterocycles. The molecule has 1 saturated carbocycles. The lowest BCUT2D eigenvalue weighted by molar-refractivity contribution is -0.123. The number of halogens is 1. The van der Waals surface area contributed by atoms with Crippen LogP contribution in [0.15, 0.2) is 24.3 Å². The molecule has 1 amide bonds. The van der Waals surface area contributed by atoms with Crippen molar-refractivity contribution in [2.45, 2.75) is 37.8 Å². The Bertz CT molecular complexity index is 475. The molecule has 0 heterocycles. The summed E-state index contributed by atoms with van der Waals surface area (Å²) in [6.07, 6.45) is 1.89. The van der Waals surface area contributed by atoms with Crippen molar-refractivity contribution in [1.29, 1.82) is 0 Å². The van der Waals surface area contributed by atoms with E-state index in [9.17, 15) is 9.18 Å². The van der Waals surface area contributed by atoms with E-state index in [-0.39, 0.29) is 17.8 Å². The minimum Gasteiger partial charge on any atom is -0.383 e. The molecule has 1 unspecified atom stereocenters. The third kappa shape index (κ3) is 4.51. The molecule has 0 radical (unpaired) electrons. The molecule has 1 aliphatic carbocycles. The number of methoxy groups -OCH3 is 1. The Morgan fingerprint density at radius 2 is 2.24 bits per heavy atom. The third-order valence-electron chi connectivity index (χ3n) is 3.94. The lowest BCUT2D eigenvalue weighted by atomic mass is 9.75. The molecule has 5 heteroatoms. The van der Waals surface area contributed by atoms with Crippen LogP contribution in [0.1, 0.15) is 31.2 Å². The average molecular weight is 294 g/mol. The van der Waals surface area contributed by atoms with Gasteiger partial charge >= 0.3 is 0 Å². The molecule has 1 aromatic carbocycles. The number of ether oxygens (including phenoxy) is 1. The molecule has 2 N–H and O–H groups in total. The predicted octanol–water partition coefficient (Wildman–Crippen LogP) is 1.81. The first-order chi connectivity index (χ1) is 10.1. The Hall–Kier alpha value is -1.46. The summed E-state index contributed by atoms with van der Waals surface area (Å²) in [6, 6.07) is 6.87. The lowest BCUT2D eigenvalue weighted by Gasteiger charge is -2.37. The first-order valence-electron chi connectivity index (χ1n) is 7.38. The maximum atomic E-state index is 13.2. The zero-order valence-corrected chi connectivity index (χ0v) is 12.6. The Kier molecular flexibility index (Phi) is 5.70. The Morgan fingerprint density at radius 1 is 1.48 bits per heavy atom. The minimum atomic E-state index is -0.222. The van der Waals surface area contributed by atoms with Gasteiger partial charge in [-0.15, -0.1) is 0 Å². The second kappa shape index (κ2) is 7.52. The molecular weight excluding hydrogens is 271 g/mol. The van der Waals surface area contributed by atoms with Crippen LogP contribution < -0.4 is 10.6 Å². The van der Waals surface area contributed by atoms with Gasteiger partial charge in [0.15, 0.2) is 0 Å². The van der Waals surface area contributed by atoms with Gasteiger partial charge in [-0.3, -0.25) is 4.79 Å². The summed E-state index contributed by atoms with van der Waals surface area (Å²) in [7, 11) is 1.61. The fourth-order valence-corrected chi connectivity index (χ4v) is 2.65. The number of nitrogens with one attached hydrogen (secondary N) is 2. The molecular formula is C16H23FN2O2. The quantitative estimate of drug-likeness (QED) is 0.754. The third-order valence-corrected chi connectivity index (χ3v) is 3.94. The molecule has 1 aliphatic rings. The van der Waals surface area contributed by atoms with Gasteiger partial charge in [-0.25, -0.2) is 4.39 Å². The molecule has 1 fully saturated rings. The van der Waals surface area contributed by atoms with Crippen LogP contribution in [0.25, 0.3) is 0 Å². The van der Waals surface area contributed by atoms with Crippen LogP contribution in [0.5, 0.6) is 0 Å². The van der Waals surface area contributed by atoms with E-state index < -0.39 is 0 Å². The van der Waals surface area contributed by atoms with Gasteiger partial charge in [-0.1, -0.05) is 12.1 Å². The van der Waals surface area contributed by atoms with Crippen molar-refractivity contribution in [1.82, 2.24) is 10.6 Å². The van der Waals surface area contributed by atoms with Gasteiger partial charge < -0.3 is 15.4 Å². The SMILES string of the molecule is COCCNC(=O)C(C)NC1CC(c2cccc(F)c2)C1. The van der Waals surface area contributed by atoms with Crippen LogP contribution in [0.3, 0.4) is 0 Å². The van der Waals surface area contributed by atoms with Gasteiger partial charge in [0.1, 0.15) is 5.82 Å². The zero-order valence-electron chi connectivity index (χ0n) is 12.6. The average Bonchev–Trinajstić information content (AvgIpc) is 2.42. The lowest BCUT2D eigenvalue weighted by Crippen LogP contribution is -2.51. The van der Waals surface area contributed by atoms with Gasteiger partial charge in [0.05, 0.1) is 12.6 Å². The largest absolute Gasteiger partial charge is 0.383 e. The van der Waals surface area contributed by atoms with Crippen molar-refractivity contribution in [3.63, 3.8) is 0 Å². The highest BCUT2D eigenvalue weighted by Gasteiger charge is 2.32. The summed E-state index contributed by atoms with van der Waals surface area (Å²) < 4.78 is 18.1. The number of hydrogen-bond acceptors (Lipinski definition) is 3. The van der Waals surface area contributed by atoms with E-state index in [1.165, 1.54) is 6.07 Å². The van der Waals surface area contributed by atoms with Crippen LogP contribution in [-0.4, -0.2) is 38.3 Å². The van der Waals surface area contributed by atoms with Gasteiger partial charge in [-0.2, -0.15) is 0 Å². The van der Waals surface area contributed by atoms with E-state index in [0.29, 0.717) is 25.1 Å². The summed E-state index contributed by atoms with van der Waals surface area (Å²) in [5.41, 5.74) is 1.05. The molecule has 1 aromatic rings. The van der Waals surface area contributed by atoms with Gasteiger partial charge in [0.25, 0.3) is 0 Å². The number of hydrogen-bond donors (Lipinski definition) is 2. The molecule has 0 bridgehead atoms. The van der Waals surface area contributed by atoms with Gasteiger partial charge in [-0.05, 0) is 43.4 Å². The van der Waals surface area contributed by atoms with E-state index in [4.69, 9.17) is 4.74 Å². The molecule has 0 saturated heterocycles.